The van der Waals surface area contributed by atoms with Gasteiger partial charge in [0.2, 0.25) is 0 Å². The van der Waals surface area contributed by atoms with Crippen molar-refractivity contribution < 1.29 is 4.74 Å². The normalized spacial score (nSPS) is 28.2. The zero-order chi connectivity index (χ0) is 14.1. The fraction of sp³-hybridized carbons (Fsp3) is 0.600. The Balaban J connectivity index is 0.00000161. The third-order valence-electron chi connectivity index (χ3n) is 4.55. The molecule has 3 unspecified atom stereocenters. The second-order valence-electron chi connectivity index (χ2n) is 5.85. The maximum absolute atomic E-state index is 6.16. The Morgan fingerprint density at radius 3 is 2.86 bits per heavy atom. The lowest BCUT2D eigenvalue weighted by molar-refractivity contribution is 0.225. The molecule has 1 aliphatic heterocycles. The van der Waals surface area contributed by atoms with Crippen molar-refractivity contribution in [3.05, 3.63) is 27.7 Å². The molecule has 1 aromatic carbocycles. The van der Waals surface area contributed by atoms with Gasteiger partial charge in [-0.15, -0.1) is 12.4 Å². The Bertz CT molecular complexity index is 489. The van der Waals surface area contributed by atoms with Crippen LogP contribution in [0.1, 0.15) is 12.8 Å². The van der Waals surface area contributed by atoms with Crippen molar-refractivity contribution in [1.29, 1.82) is 0 Å². The number of nitrogens with two attached hydrogens (primary N) is 1. The summed E-state index contributed by atoms with van der Waals surface area (Å²) in [6.45, 7) is 3.99. The van der Waals surface area contributed by atoms with Crippen molar-refractivity contribution in [2.45, 2.75) is 18.9 Å². The summed E-state index contributed by atoms with van der Waals surface area (Å²) in [5.74, 6) is 2.37. The second-order valence-corrected chi connectivity index (χ2v) is 7.14. The molecule has 3 rings (SSSR count). The maximum atomic E-state index is 6.16. The van der Waals surface area contributed by atoms with Gasteiger partial charge in [-0.3, -0.25) is 4.90 Å². The largest absolute Gasteiger partial charge is 0.491 e. The lowest BCUT2D eigenvalue weighted by atomic mass is 9.98. The van der Waals surface area contributed by atoms with Gasteiger partial charge in [0.25, 0.3) is 0 Å². The van der Waals surface area contributed by atoms with E-state index in [2.05, 4.69) is 20.8 Å². The number of ether oxygens (including phenoxy) is 1. The van der Waals surface area contributed by atoms with Crippen LogP contribution in [0.25, 0.3) is 0 Å². The van der Waals surface area contributed by atoms with E-state index in [0.29, 0.717) is 23.6 Å². The van der Waals surface area contributed by atoms with Crippen LogP contribution in [0.5, 0.6) is 5.75 Å². The summed E-state index contributed by atoms with van der Waals surface area (Å²) in [5.41, 5.74) is 6.16. The van der Waals surface area contributed by atoms with Gasteiger partial charge in [-0.1, -0.05) is 11.6 Å². The minimum absolute atomic E-state index is 0. The molecule has 3 nitrogen and oxygen atoms in total. The SMILES string of the molecule is Cl.NC1CCC2CN(CCOc3ccc(Cl)cc3Br)CC12. The van der Waals surface area contributed by atoms with Crippen molar-refractivity contribution in [2.24, 2.45) is 17.6 Å². The van der Waals surface area contributed by atoms with Crippen molar-refractivity contribution in [3.63, 3.8) is 0 Å². The summed E-state index contributed by atoms with van der Waals surface area (Å²) < 4.78 is 6.73. The van der Waals surface area contributed by atoms with E-state index in [-0.39, 0.29) is 12.4 Å². The van der Waals surface area contributed by atoms with Crippen LogP contribution in [-0.2, 0) is 0 Å². The van der Waals surface area contributed by atoms with Crippen LogP contribution < -0.4 is 10.5 Å². The van der Waals surface area contributed by atoms with Gasteiger partial charge in [0.1, 0.15) is 12.4 Å². The minimum Gasteiger partial charge on any atom is -0.491 e. The molecule has 1 aliphatic carbocycles. The summed E-state index contributed by atoms with van der Waals surface area (Å²) in [7, 11) is 0. The van der Waals surface area contributed by atoms with Crippen molar-refractivity contribution in [1.82, 2.24) is 4.90 Å². The Kier molecular flexibility index (Phi) is 6.21. The predicted molar refractivity (Wildman–Crippen MR) is 92.5 cm³/mol. The van der Waals surface area contributed by atoms with Crippen molar-refractivity contribution in [2.75, 3.05) is 26.2 Å². The molecular formula is C15H21BrCl2N2O. The molecule has 0 bridgehead atoms. The first-order valence-electron chi connectivity index (χ1n) is 7.19. The highest BCUT2D eigenvalue weighted by Crippen LogP contribution is 2.37. The Hall–Kier alpha value is -0.0000000000000000555. The van der Waals surface area contributed by atoms with Crippen LogP contribution in [0.4, 0.5) is 0 Å². The highest BCUT2D eigenvalue weighted by Gasteiger charge is 2.40. The van der Waals surface area contributed by atoms with Gasteiger partial charge in [-0.2, -0.15) is 0 Å². The molecule has 0 radical (unpaired) electrons. The van der Waals surface area contributed by atoms with Crippen LogP contribution in [0.15, 0.2) is 22.7 Å². The summed E-state index contributed by atoms with van der Waals surface area (Å²) in [6.07, 6.45) is 2.50. The van der Waals surface area contributed by atoms with Gasteiger partial charge in [-0.05, 0) is 58.8 Å². The van der Waals surface area contributed by atoms with Gasteiger partial charge in [-0.25, -0.2) is 0 Å². The first-order valence-corrected chi connectivity index (χ1v) is 8.36. The zero-order valence-corrected chi connectivity index (χ0v) is 15.0. The molecular weight excluding hydrogens is 375 g/mol. The topological polar surface area (TPSA) is 38.5 Å². The first-order chi connectivity index (χ1) is 9.63. The summed E-state index contributed by atoms with van der Waals surface area (Å²) >= 11 is 9.39. The quantitative estimate of drug-likeness (QED) is 0.846. The van der Waals surface area contributed by atoms with Crippen LogP contribution in [0, 0.1) is 11.8 Å². The molecule has 0 amide bonds. The Labute approximate surface area is 145 Å². The first kappa shape index (κ1) is 17.4. The second kappa shape index (κ2) is 7.51. The molecule has 0 spiro atoms. The number of fused-ring (bicyclic) bond motifs is 1. The number of halogens is 3. The van der Waals surface area contributed by atoms with E-state index in [4.69, 9.17) is 22.1 Å². The minimum atomic E-state index is 0. The Morgan fingerprint density at radius 2 is 2.14 bits per heavy atom. The third kappa shape index (κ3) is 4.05. The highest BCUT2D eigenvalue weighted by molar-refractivity contribution is 9.10. The molecule has 1 heterocycles. The number of hydrogen-bond donors (Lipinski definition) is 1. The zero-order valence-electron chi connectivity index (χ0n) is 11.8. The van der Waals surface area contributed by atoms with E-state index in [1.54, 1.807) is 0 Å². The molecule has 2 N–H and O–H groups in total. The van der Waals surface area contributed by atoms with Crippen LogP contribution in [0.3, 0.4) is 0 Å². The number of benzene rings is 1. The smallest absolute Gasteiger partial charge is 0.133 e. The van der Waals surface area contributed by atoms with Gasteiger partial charge in [0.05, 0.1) is 4.47 Å². The molecule has 118 valence electrons. The average Bonchev–Trinajstić information content (AvgIpc) is 2.95. The number of nitrogens with zero attached hydrogens (tertiary/aromatic N) is 1. The number of rotatable bonds is 4. The number of likely N-dealkylation sites (tertiary alicyclic amines) is 1. The molecule has 6 heteroatoms. The van der Waals surface area contributed by atoms with E-state index >= 15 is 0 Å². The van der Waals surface area contributed by atoms with Crippen LogP contribution in [0.2, 0.25) is 5.02 Å². The van der Waals surface area contributed by atoms with Crippen LogP contribution in [-0.4, -0.2) is 37.2 Å². The fourth-order valence-corrected chi connectivity index (χ4v) is 4.26. The van der Waals surface area contributed by atoms with Crippen molar-refractivity contribution in [3.8, 4) is 5.75 Å². The summed E-state index contributed by atoms with van der Waals surface area (Å²) in [4.78, 5) is 2.48. The van der Waals surface area contributed by atoms with Gasteiger partial charge in [0.15, 0.2) is 0 Å². The lowest BCUT2D eigenvalue weighted by Crippen LogP contribution is -2.32. The standard InChI is InChI=1S/C15H20BrClN2O.ClH/c16-13-7-11(17)2-4-15(13)20-6-5-19-8-10-1-3-14(18)12(10)9-19;/h2,4,7,10,12,14H,1,3,5-6,8-9,18H2;1H. The molecule has 1 aromatic rings. The van der Waals surface area contributed by atoms with Gasteiger partial charge >= 0.3 is 0 Å². The molecule has 1 saturated carbocycles. The maximum Gasteiger partial charge on any atom is 0.133 e. The summed E-state index contributed by atoms with van der Waals surface area (Å²) in [6, 6.07) is 6.02. The van der Waals surface area contributed by atoms with E-state index in [0.717, 1.165) is 29.2 Å². The van der Waals surface area contributed by atoms with E-state index < -0.39 is 0 Å². The van der Waals surface area contributed by atoms with Gasteiger partial charge in [0, 0.05) is 30.7 Å². The van der Waals surface area contributed by atoms with Gasteiger partial charge < -0.3 is 10.5 Å². The fourth-order valence-electron chi connectivity index (χ4n) is 3.46. The molecule has 2 aliphatic rings. The Morgan fingerprint density at radius 1 is 1.33 bits per heavy atom. The number of hydrogen-bond acceptors (Lipinski definition) is 3. The predicted octanol–water partition coefficient (Wildman–Crippen LogP) is 3.57. The average molecular weight is 396 g/mol. The molecule has 21 heavy (non-hydrogen) atoms. The van der Waals surface area contributed by atoms with Crippen molar-refractivity contribution >= 4 is 39.9 Å². The molecule has 2 fully saturated rings. The van der Waals surface area contributed by atoms with Crippen LogP contribution >= 0.6 is 39.9 Å². The highest BCUT2D eigenvalue weighted by atomic mass is 79.9. The molecule has 3 atom stereocenters. The lowest BCUT2D eigenvalue weighted by Gasteiger charge is -2.18. The van der Waals surface area contributed by atoms with E-state index in [9.17, 15) is 0 Å². The summed E-state index contributed by atoms with van der Waals surface area (Å²) in [5, 5.41) is 0.714. The molecule has 1 saturated heterocycles. The van der Waals surface area contributed by atoms with E-state index in [1.165, 1.54) is 19.4 Å². The third-order valence-corrected chi connectivity index (χ3v) is 5.40. The monoisotopic (exact) mass is 394 g/mol. The molecule has 0 aromatic heterocycles. The van der Waals surface area contributed by atoms with E-state index in [1.807, 2.05) is 18.2 Å².